The molecule has 200 valence electrons. The third kappa shape index (κ3) is 5.01. The van der Waals surface area contributed by atoms with Crippen LogP contribution in [0.2, 0.25) is 0 Å². The number of phenolic OH excluding ortho intramolecular Hbond substituents is 1. The predicted molar refractivity (Wildman–Crippen MR) is 154 cm³/mol. The summed E-state index contributed by atoms with van der Waals surface area (Å²) in [5, 5.41) is 22.2. The minimum absolute atomic E-state index is 0.0562. The zero-order valence-corrected chi connectivity index (χ0v) is 22.2. The summed E-state index contributed by atoms with van der Waals surface area (Å²) in [7, 11) is 0. The topological polar surface area (TPSA) is 120 Å². The minimum atomic E-state index is -0.520. The molecule has 4 heterocycles. The zero-order chi connectivity index (χ0) is 28.0. The van der Waals surface area contributed by atoms with Gasteiger partial charge in [-0.25, -0.2) is 9.37 Å². The fourth-order valence-electron chi connectivity index (χ4n) is 4.89. The minimum Gasteiger partial charge on any atom is -0.508 e. The highest BCUT2D eigenvalue weighted by molar-refractivity contribution is 6.01. The Labute approximate surface area is 229 Å². The molecule has 9 heteroatoms. The van der Waals surface area contributed by atoms with Gasteiger partial charge in [0.15, 0.2) is 0 Å². The van der Waals surface area contributed by atoms with Crippen LogP contribution in [0.5, 0.6) is 5.75 Å². The summed E-state index contributed by atoms with van der Waals surface area (Å²) in [6, 6.07) is 15.5. The Morgan fingerprint density at radius 1 is 0.975 bits per heavy atom. The molecule has 0 saturated carbocycles. The van der Waals surface area contributed by atoms with Gasteiger partial charge in [0.05, 0.1) is 23.1 Å². The normalized spacial score (nSPS) is 11.8. The fourth-order valence-corrected chi connectivity index (χ4v) is 4.89. The van der Waals surface area contributed by atoms with E-state index in [0.717, 1.165) is 44.7 Å². The zero-order valence-electron chi connectivity index (χ0n) is 22.2. The summed E-state index contributed by atoms with van der Waals surface area (Å²) in [6.07, 6.45) is 5.44. The molecule has 1 amide bonds. The van der Waals surface area contributed by atoms with Crippen LogP contribution in [0.25, 0.3) is 55.6 Å². The van der Waals surface area contributed by atoms with Crippen molar-refractivity contribution in [3.05, 3.63) is 79.0 Å². The second-order valence-electron chi connectivity index (χ2n) is 11.1. The van der Waals surface area contributed by atoms with Gasteiger partial charge in [0.1, 0.15) is 22.9 Å². The van der Waals surface area contributed by atoms with Crippen molar-refractivity contribution in [3.63, 3.8) is 0 Å². The number of carbonyl (C=O) groups is 1. The van der Waals surface area contributed by atoms with Crippen LogP contribution in [0.1, 0.15) is 27.2 Å². The number of H-pyrrole nitrogens is 2. The number of nitrogens with one attached hydrogen (secondary N) is 3. The van der Waals surface area contributed by atoms with E-state index in [1.165, 1.54) is 12.1 Å². The third-order valence-electron chi connectivity index (χ3n) is 6.59. The lowest BCUT2D eigenvalue weighted by atomic mass is 9.92. The van der Waals surface area contributed by atoms with Crippen LogP contribution in [0.15, 0.2) is 73.2 Å². The van der Waals surface area contributed by atoms with E-state index < -0.39 is 5.82 Å². The second-order valence-corrected chi connectivity index (χ2v) is 11.1. The molecule has 6 rings (SSSR count). The van der Waals surface area contributed by atoms with Crippen LogP contribution < -0.4 is 5.32 Å². The second kappa shape index (κ2) is 9.60. The van der Waals surface area contributed by atoms with Crippen molar-refractivity contribution in [2.45, 2.75) is 27.2 Å². The van der Waals surface area contributed by atoms with Gasteiger partial charge in [0, 0.05) is 41.2 Å². The number of nitrogens with zero attached hydrogens (tertiary/aromatic N) is 3. The first-order valence-electron chi connectivity index (χ1n) is 12.8. The van der Waals surface area contributed by atoms with Gasteiger partial charge in [0.2, 0.25) is 5.91 Å². The van der Waals surface area contributed by atoms with E-state index >= 15 is 0 Å². The number of benzene rings is 2. The van der Waals surface area contributed by atoms with Crippen molar-refractivity contribution >= 4 is 33.5 Å². The highest BCUT2D eigenvalue weighted by Gasteiger charge is 2.18. The van der Waals surface area contributed by atoms with E-state index in [1.54, 1.807) is 24.7 Å². The number of phenols is 1. The maximum absolute atomic E-state index is 14.0. The van der Waals surface area contributed by atoms with Crippen molar-refractivity contribution in [3.8, 4) is 39.4 Å². The van der Waals surface area contributed by atoms with E-state index in [9.17, 15) is 14.3 Å². The molecule has 2 aromatic carbocycles. The molecule has 0 aliphatic carbocycles. The molecule has 4 aromatic heterocycles. The molecule has 0 unspecified atom stereocenters. The Morgan fingerprint density at radius 2 is 1.82 bits per heavy atom. The largest absolute Gasteiger partial charge is 0.508 e. The summed E-state index contributed by atoms with van der Waals surface area (Å²) >= 11 is 0. The summed E-state index contributed by atoms with van der Waals surface area (Å²) < 4.78 is 14.0. The molecule has 0 radical (unpaired) electrons. The van der Waals surface area contributed by atoms with Crippen molar-refractivity contribution in [1.29, 1.82) is 0 Å². The van der Waals surface area contributed by atoms with Crippen molar-refractivity contribution < 1.29 is 14.3 Å². The van der Waals surface area contributed by atoms with Crippen LogP contribution in [0, 0.1) is 11.2 Å². The predicted octanol–water partition coefficient (Wildman–Crippen LogP) is 7.05. The lowest BCUT2D eigenvalue weighted by Crippen LogP contribution is -2.19. The van der Waals surface area contributed by atoms with Crippen LogP contribution >= 0.6 is 0 Å². The molecule has 0 aliphatic heterocycles. The highest BCUT2D eigenvalue weighted by Crippen LogP contribution is 2.36. The quantitative estimate of drug-likeness (QED) is 0.189. The Kier molecular flexibility index (Phi) is 6.06. The summed E-state index contributed by atoms with van der Waals surface area (Å²) in [4.78, 5) is 24.6. The molecular formula is C31H27FN6O2. The molecule has 0 spiro atoms. The fraction of sp³-hybridized carbons (Fsp3) is 0.161. The smallest absolute Gasteiger partial charge is 0.224 e. The van der Waals surface area contributed by atoms with Gasteiger partial charge < -0.3 is 15.4 Å². The van der Waals surface area contributed by atoms with Crippen molar-refractivity contribution in [2.24, 2.45) is 5.41 Å². The Hall–Kier alpha value is -5.05. The number of amides is 1. The first-order chi connectivity index (χ1) is 19.1. The number of halogens is 1. The van der Waals surface area contributed by atoms with Gasteiger partial charge >= 0.3 is 0 Å². The number of aromatic amines is 2. The Bertz CT molecular complexity index is 1880. The first kappa shape index (κ1) is 25.2. The molecule has 6 aromatic rings. The van der Waals surface area contributed by atoms with Gasteiger partial charge in [-0.05, 0) is 64.6 Å². The average molecular weight is 535 g/mol. The molecule has 0 bridgehead atoms. The van der Waals surface area contributed by atoms with Gasteiger partial charge in [-0.1, -0.05) is 26.8 Å². The van der Waals surface area contributed by atoms with Gasteiger partial charge in [-0.15, -0.1) is 0 Å². The summed E-state index contributed by atoms with van der Waals surface area (Å²) in [6.45, 7) is 6.07. The molecule has 8 nitrogen and oxygen atoms in total. The monoisotopic (exact) mass is 534 g/mol. The molecule has 0 fully saturated rings. The van der Waals surface area contributed by atoms with Gasteiger partial charge in [-0.2, -0.15) is 5.10 Å². The van der Waals surface area contributed by atoms with E-state index in [1.807, 2.05) is 51.1 Å². The average Bonchev–Trinajstić information content (AvgIpc) is 3.50. The third-order valence-corrected chi connectivity index (χ3v) is 6.59. The SMILES string of the molecule is CC(C)(C)CC(=O)Nc1cncc(-c2ccc3[nH]nc(-c4cc5c(-c6cc(O)cc(F)c6)ccnc5[nH]4)c3c2)c1. The number of fused-ring (bicyclic) bond motifs is 2. The molecule has 40 heavy (non-hydrogen) atoms. The maximum Gasteiger partial charge on any atom is 0.224 e. The van der Waals surface area contributed by atoms with Crippen molar-refractivity contribution in [2.75, 3.05) is 5.32 Å². The number of pyridine rings is 2. The summed E-state index contributed by atoms with van der Waals surface area (Å²) in [5.74, 6) is -0.720. The van der Waals surface area contributed by atoms with Crippen LogP contribution in [0.3, 0.4) is 0 Å². The van der Waals surface area contributed by atoms with E-state index in [2.05, 4.69) is 30.5 Å². The van der Waals surface area contributed by atoms with Gasteiger partial charge in [0.25, 0.3) is 0 Å². The standard InChI is InChI=1S/C31H27FN6O2/c1-31(2,3)14-28(40)35-21-9-19(15-33-16-21)17-4-5-26-25(11-17)29(38-37-26)27-13-24-23(6-7-34-30(24)36-27)18-8-20(32)12-22(39)10-18/h4-13,15-16,39H,14H2,1-3H3,(H,34,36)(H,35,40)(H,37,38). The Morgan fingerprint density at radius 3 is 2.62 bits per heavy atom. The molecular weight excluding hydrogens is 507 g/mol. The lowest BCUT2D eigenvalue weighted by Gasteiger charge is -2.17. The van der Waals surface area contributed by atoms with Gasteiger partial charge in [-0.3, -0.25) is 14.9 Å². The molecule has 0 aliphatic rings. The van der Waals surface area contributed by atoms with Crippen LogP contribution in [-0.2, 0) is 4.79 Å². The number of hydrogen-bond donors (Lipinski definition) is 4. The number of aromatic nitrogens is 5. The van der Waals surface area contributed by atoms with E-state index in [0.29, 0.717) is 29.0 Å². The van der Waals surface area contributed by atoms with Crippen LogP contribution in [-0.4, -0.2) is 36.2 Å². The number of anilines is 1. The van der Waals surface area contributed by atoms with E-state index in [4.69, 9.17) is 0 Å². The molecule has 0 atom stereocenters. The van der Waals surface area contributed by atoms with Crippen LogP contribution in [0.4, 0.5) is 10.1 Å². The number of aromatic hydroxyl groups is 1. The first-order valence-corrected chi connectivity index (χ1v) is 12.8. The molecule has 4 N–H and O–H groups in total. The number of rotatable bonds is 5. The maximum atomic E-state index is 14.0. The molecule has 0 saturated heterocycles. The van der Waals surface area contributed by atoms with Crippen molar-refractivity contribution in [1.82, 2.24) is 25.1 Å². The Balaban J connectivity index is 1.37. The highest BCUT2D eigenvalue weighted by atomic mass is 19.1. The lowest BCUT2D eigenvalue weighted by molar-refractivity contribution is -0.117. The van der Waals surface area contributed by atoms with E-state index in [-0.39, 0.29) is 17.1 Å². The number of hydrogen-bond acceptors (Lipinski definition) is 5. The summed E-state index contributed by atoms with van der Waals surface area (Å²) in [5.41, 5.74) is 6.48. The number of carbonyl (C=O) groups excluding carboxylic acids is 1.